The standard InChI is InChI=1S/C21H23ClF3N3O2/c1-30-20-18(3-2-10-26-20)27-12-13-4-7-15(8-5-13)28-19(29)16-11-14(21(23,24)25)6-9-17(16)22/h2-3,6,9-11,13,15,27H,4-5,7-8,12H2,1H3,(H,28,29)/t13-,15-. The molecule has 1 aromatic carbocycles. The van der Waals surface area contributed by atoms with Crippen molar-refractivity contribution >= 4 is 23.2 Å². The van der Waals surface area contributed by atoms with Gasteiger partial charge in [-0.05, 0) is 61.9 Å². The number of amides is 1. The first kappa shape index (κ1) is 22.2. The van der Waals surface area contributed by atoms with Crippen LogP contribution in [-0.2, 0) is 6.18 Å². The fourth-order valence-electron chi connectivity index (χ4n) is 3.59. The van der Waals surface area contributed by atoms with E-state index in [-0.39, 0.29) is 16.6 Å². The fraction of sp³-hybridized carbons (Fsp3) is 0.429. The Kier molecular flexibility index (Phi) is 7.07. The number of rotatable bonds is 6. The van der Waals surface area contributed by atoms with Crippen LogP contribution < -0.4 is 15.4 Å². The average molecular weight is 442 g/mol. The molecule has 162 valence electrons. The van der Waals surface area contributed by atoms with Gasteiger partial charge >= 0.3 is 6.18 Å². The van der Waals surface area contributed by atoms with Crippen molar-refractivity contribution in [1.29, 1.82) is 0 Å². The number of hydrogen-bond donors (Lipinski definition) is 2. The van der Waals surface area contributed by atoms with Gasteiger partial charge in [0.25, 0.3) is 5.91 Å². The monoisotopic (exact) mass is 441 g/mol. The van der Waals surface area contributed by atoms with Crippen LogP contribution in [0.25, 0.3) is 0 Å². The summed E-state index contributed by atoms with van der Waals surface area (Å²) in [6, 6.07) is 6.41. The van der Waals surface area contributed by atoms with Crippen LogP contribution in [-0.4, -0.2) is 30.6 Å². The Bertz CT molecular complexity index is 884. The largest absolute Gasteiger partial charge is 0.480 e. The van der Waals surface area contributed by atoms with Gasteiger partial charge in [0.1, 0.15) is 0 Å². The predicted octanol–water partition coefficient (Wildman–Crippen LogP) is 5.16. The Hall–Kier alpha value is -2.48. The summed E-state index contributed by atoms with van der Waals surface area (Å²) in [4.78, 5) is 16.6. The quantitative estimate of drug-likeness (QED) is 0.649. The molecule has 1 heterocycles. The number of pyridine rings is 1. The van der Waals surface area contributed by atoms with E-state index >= 15 is 0 Å². The number of aromatic nitrogens is 1. The Morgan fingerprint density at radius 2 is 1.97 bits per heavy atom. The Morgan fingerprint density at radius 1 is 1.23 bits per heavy atom. The highest BCUT2D eigenvalue weighted by atomic mass is 35.5. The molecule has 0 spiro atoms. The summed E-state index contributed by atoms with van der Waals surface area (Å²) >= 11 is 5.95. The molecule has 1 amide bonds. The number of nitrogens with zero attached hydrogens (tertiary/aromatic N) is 1. The van der Waals surface area contributed by atoms with Crippen molar-refractivity contribution < 1.29 is 22.7 Å². The molecule has 0 unspecified atom stereocenters. The first-order chi connectivity index (χ1) is 14.3. The average Bonchev–Trinajstić information content (AvgIpc) is 2.73. The Balaban J connectivity index is 1.52. The van der Waals surface area contributed by atoms with Gasteiger partial charge in [-0.15, -0.1) is 0 Å². The van der Waals surface area contributed by atoms with E-state index in [0.717, 1.165) is 56.1 Å². The highest BCUT2D eigenvalue weighted by Gasteiger charge is 2.32. The molecule has 5 nitrogen and oxygen atoms in total. The summed E-state index contributed by atoms with van der Waals surface area (Å²) in [5.41, 5.74) is -0.216. The predicted molar refractivity (Wildman–Crippen MR) is 109 cm³/mol. The van der Waals surface area contributed by atoms with Gasteiger partial charge in [-0.3, -0.25) is 4.79 Å². The maximum Gasteiger partial charge on any atom is 0.416 e. The number of benzene rings is 1. The van der Waals surface area contributed by atoms with Crippen molar-refractivity contribution in [2.75, 3.05) is 19.0 Å². The molecule has 1 aliphatic carbocycles. The van der Waals surface area contributed by atoms with Crippen LogP contribution in [0.5, 0.6) is 5.88 Å². The minimum absolute atomic E-state index is 0.00352. The van der Waals surface area contributed by atoms with Crippen LogP contribution >= 0.6 is 11.6 Å². The van der Waals surface area contributed by atoms with Gasteiger partial charge in [-0.1, -0.05) is 11.6 Å². The maximum absolute atomic E-state index is 12.9. The van der Waals surface area contributed by atoms with E-state index < -0.39 is 17.6 Å². The van der Waals surface area contributed by atoms with Gasteiger partial charge < -0.3 is 15.4 Å². The number of halogens is 4. The lowest BCUT2D eigenvalue weighted by atomic mass is 9.86. The molecule has 0 radical (unpaired) electrons. The van der Waals surface area contributed by atoms with Crippen LogP contribution in [0, 0.1) is 5.92 Å². The summed E-state index contributed by atoms with van der Waals surface area (Å²) in [5, 5.41) is 6.17. The van der Waals surface area contributed by atoms with Crippen LogP contribution in [0.4, 0.5) is 18.9 Å². The van der Waals surface area contributed by atoms with E-state index in [2.05, 4.69) is 15.6 Å². The molecular formula is C21H23ClF3N3O2. The number of nitrogens with one attached hydrogen (secondary N) is 2. The van der Waals surface area contributed by atoms with E-state index in [9.17, 15) is 18.0 Å². The second-order valence-corrected chi connectivity index (χ2v) is 7.73. The summed E-state index contributed by atoms with van der Waals surface area (Å²) < 4.78 is 44.0. The molecule has 0 aliphatic heterocycles. The topological polar surface area (TPSA) is 63.2 Å². The third-order valence-electron chi connectivity index (χ3n) is 5.27. The minimum Gasteiger partial charge on any atom is -0.480 e. The zero-order valence-corrected chi connectivity index (χ0v) is 17.2. The van der Waals surface area contributed by atoms with Gasteiger partial charge in [0.05, 0.1) is 28.9 Å². The van der Waals surface area contributed by atoms with Gasteiger partial charge in [-0.2, -0.15) is 13.2 Å². The van der Waals surface area contributed by atoms with E-state index in [1.165, 1.54) is 0 Å². The minimum atomic E-state index is -4.53. The third-order valence-corrected chi connectivity index (χ3v) is 5.60. The molecular weight excluding hydrogens is 419 g/mol. The molecule has 1 saturated carbocycles. The summed E-state index contributed by atoms with van der Waals surface area (Å²) in [6.07, 6.45) is 0.404. The van der Waals surface area contributed by atoms with Crippen molar-refractivity contribution in [2.24, 2.45) is 5.92 Å². The van der Waals surface area contributed by atoms with Crippen molar-refractivity contribution in [3.05, 3.63) is 52.7 Å². The lowest BCUT2D eigenvalue weighted by Crippen LogP contribution is -2.38. The SMILES string of the molecule is COc1ncccc1NC[C@H]1CC[C@H](NC(=O)c2cc(C(F)(F)F)ccc2Cl)CC1. The zero-order chi connectivity index (χ0) is 21.7. The summed E-state index contributed by atoms with van der Waals surface area (Å²) in [6.45, 7) is 0.752. The highest BCUT2D eigenvalue weighted by molar-refractivity contribution is 6.33. The molecule has 30 heavy (non-hydrogen) atoms. The number of carbonyl (C=O) groups is 1. The maximum atomic E-state index is 12.9. The first-order valence-electron chi connectivity index (χ1n) is 9.68. The van der Waals surface area contributed by atoms with Crippen LogP contribution in [0.1, 0.15) is 41.6 Å². The summed E-state index contributed by atoms with van der Waals surface area (Å²) in [7, 11) is 1.57. The van der Waals surface area contributed by atoms with E-state index in [1.807, 2.05) is 12.1 Å². The number of hydrogen-bond acceptors (Lipinski definition) is 4. The number of methoxy groups -OCH3 is 1. The lowest BCUT2D eigenvalue weighted by Gasteiger charge is -2.29. The van der Waals surface area contributed by atoms with Crippen LogP contribution in [0.3, 0.4) is 0 Å². The molecule has 1 aliphatic rings. The molecule has 1 aromatic heterocycles. The van der Waals surface area contributed by atoms with E-state index in [4.69, 9.17) is 16.3 Å². The zero-order valence-electron chi connectivity index (χ0n) is 16.4. The number of anilines is 1. The van der Waals surface area contributed by atoms with Gasteiger partial charge in [0.2, 0.25) is 5.88 Å². The molecule has 0 saturated heterocycles. The van der Waals surface area contributed by atoms with Crippen molar-refractivity contribution in [3.63, 3.8) is 0 Å². The molecule has 0 bridgehead atoms. The van der Waals surface area contributed by atoms with Crippen LogP contribution in [0.15, 0.2) is 36.5 Å². The van der Waals surface area contributed by atoms with Gasteiger partial charge in [-0.25, -0.2) is 4.98 Å². The number of alkyl halides is 3. The smallest absolute Gasteiger partial charge is 0.416 e. The second kappa shape index (κ2) is 9.55. The number of carbonyl (C=O) groups excluding carboxylic acids is 1. The molecule has 1 fully saturated rings. The molecule has 0 atom stereocenters. The lowest BCUT2D eigenvalue weighted by molar-refractivity contribution is -0.137. The highest BCUT2D eigenvalue weighted by Crippen LogP contribution is 2.32. The van der Waals surface area contributed by atoms with Crippen molar-refractivity contribution in [2.45, 2.75) is 37.9 Å². The first-order valence-corrected chi connectivity index (χ1v) is 10.1. The Labute approximate surface area is 178 Å². The molecule has 2 aromatic rings. The van der Waals surface area contributed by atoms with Crippen molar-refractivity contribution in [1.82, 2.24) is 10.3 Å². The fourth-order valence-corrected chi connectivity index (χ4v) is 3.80. The molecule has 2 N–H and O–H groups in total. The van der Waals surface area contributed by atoms with E-state index in [0.29, 0.717) is 11.8 Å². The normalized spacial score (nSPS) is 19.2. The van der Waals surface area contributed by atoms with Crippen molar-refractivity contribution in [3.8, 4) is 5.88 Å². The summed E-state index contributed by atoms with van der Waals surface area (Å²) in [5.74, 6) is 0.379. The van der Waals surface area contributed by atoms with Gasteiger partial charge in [0.15, 0.2) is 0 Å². The molecule has 3 rings (SSSR count). The van der Waals surface area contributed by atoms with Crippen LogP contribution in [0.2, 0.25) is 5.02 Å². The second-order valence-electron chi connectivity index (χ2n) is 7.32. The molecule has 9 heteroatoms. The Morgan fingerprint density at radius 3 is 2.63 bits per heavy atom. The van der Waals surface area contributed by atoms with E-state index in [1.54, 1.807) is 13.3 Å². The third kappa shape index (κ3) is 5.56. The number of ether oxygens (including phenoxy) is 1. The van der Waals surface area contributed by atoms with Gasteiger partial charge in [0, 0.05) is 18.8 Å².